The van der Waals surface area contributed by atoms with Gasteiger partial charge in [-0.1, -0.05) is 6.92 Å². The molecule has 1 amide bonds. The standard InChI is InChI=1S/C12H16FN3O3.ClH/c1-3-14-8(2)7-15-12(17)10-5-4-9(13)6-11(10)16(18)19;/h4-6,8,14H,3,7H2,1-2H3,(H,15,17);1H/t8-;/m1./s1. The van der Waals surface area contributed by atoms with Crippen molar-refractivity contribution in [1.82, 2.24) is 10.6 Å². The molecule has 1 rings (SSSR count). The molecule has 0 saturated heterocycles. The first-order valence-electron chi connectivity index (χ1n) is 5.91. The van der Waals surface area contributed by atoms with Crippen LogP contribution in [0.15, 0.2) is 18.2 Å². The summed E-state index contributed by atoms with van der Waals surface area (Å²) in [7, 11) is 0. The highest BCUT2D eigenvalue weighted by atomic mass is 35.5. The third-order valence-corrected chi connectivity index (χ3v) is 2.52. The van der Waals surface area contributed by atoms with E-state index in [-0.39, 0.29) is 24.0 Å². The SMILES string of the molecule is CCN[C@H](C)CNC(=O)c1ccc(F)cc1[N+](=O)[O-].Cl. The van der Waals surface area contributed by atoms with Crippen molar-refractivity contribution in [2.45, 2.75) is 19.9 Å². The molecule has 112 valence electrons. The Kier molecular flexibility index (Phi) is 7.71. The van der Waals surface area contributed by atoms with Crippen LogP contribution in [-0.2, 0) is 0 Å². The molecule has 0 spiro atoms. The predicted molar refractivity (Wildman–Crippen MR) is 75.8 cm³/mol. The molecule has 1 aromatic rings. The molecule has 20 heavy (non-hydrogen) atoms. The molecule has 8 heteroatoms. The number of likely N-dealkylation sites (N-methyl/N-ethyl adjacent to an activating group) is 1. The number of nitro benzene ring substituents is 1. The average molecular weight is 306 g/mol. The maximum absolute atomic E-state index is 12.9. The minimum atomic E-state index is -0.772. The molecule has 0 fully saturated rings. The van der Waals surface area contributed by atoms with Gasteiger partial charge in [-0.05, 0) is 25.6 Å². The van der Waals surface area contributed by atoms with Crippen molar-refractivity contribution < 1.29 is 14.1 Å². The minimum absolute atomic E-state index is 0. The molecule has 6 nitrogen and oxygen atoms in total. The van der Waals surface area contributed by atoms with E-state index in [2.05, 4.69) is 10.6 Å². The van der Waals surface area contributed by atoms with Crippen molar-refractivity contribution in [3.05, 3.63) is 39.7 Å². The van der Waals surface area contributed by atoms with E-state index < -0.39 is 22.3 Å². The van der Waals surface area contributed by atoms with Gasteiger partial charge in [0.1, 0.15) is 11.4 Å². The summed E-state index contributed by atoms with van der Waals surface area (Å²) in [4.78, 5) is 21.8. The topological polar surface area (TPSA) is 84.3 Å². The number of carbonyl (C=O) groups is 1. The first kappa shape index (κ1) is 18.3. The lowest BCUT2D eigenvalue weighted by Gasteiger charge is -2.13. The summed E-state index contributed by atoms with van der Waals surface area (Å²) in [6.07, 6.45) is 0. The summed E-state index contributed by atoms with van der Waals surface area (Å²) in [5, 5.41) is 16.4. The average Bonchev–Trinajstić information content (AvgIpc) is 2.36. The third kappa shape index (κ3) is 5.10. The zero-order valence-corrected chi connectivity index (χ0v) is 12.0. The lowest BCUT2D eigenvalue weighted by atomic mass is 10.1. The van der Waals surface area contributed by atoms with Crippen LogP contribution in [0.2, 0.25) is 0 Å². The molecule has 0 aliphatic carbocycles. The Bertz CT molecular complexity index is 485. The van der Waals surface area contributed by atoms with Gasteiger partial charge < -0.3 is 10.6 Å². The number of amides is 1. The number of hydrogen-bond acceptors (Lipinski definition) is 4. The van der Waals surface area contributed by atoms with Crippen molar-refractivity contribution in [3.8, 4) is 0 Å². The van der Waals surface area contributed by atoms with Gasteiger partial charge in [-0.25, -0.2) is 4.39 Å². The summed E-state index contributed by atoms with van der Waals surface area (Å²) < 4.78 is 12.9. The van der Waals surface area contributed by atoms with Crippen molar-refractivity contribution in [2.75, 3.05) is 13.1 Å². The molecule has 0 bridgehead atoms. The van der Waals surface area contributed by atoms with Crippen molar-refractivity contribution in [3.63, 3.8) is 0 Å². The second-order valence-electron chi connectivity index (χ2n) is 4.09. The van der Waals surface area contributed by atoms with E-state index >= 15 is 0 Å². The maximum Gasteiger partial charge on any atom is 0.285 e. The predicted octanol–water partition coefficient (Wildman–Crippen LogP) is 1.88. The molecule has 1 atom stereocenters. The molecule has 2 N–H and O–H groups in total. The fraction of sp³-hybridized carbons (Fsp3) is 0.417. The fourth-order valence-corrected chi connectivity index (χ4v) is 1.61. The molecule has 0 aliphatic rings. The number of nitro groups is 1. The van der Waals surface area contributed by atoms with Crippen molar-refractivity contribution in [1.29, 1.82) is 0 Å². The van der Waals surface area contributed by atoms with Gasteiger partial charge in [0, 0.05) is 12.6 Å². The van der Waals surface area contributed by atoms with Gasteiger partial charge in [0.2, 0.25) is 0 Å². The molecule has 0 aromatic heterocycles. The normalized spacial score (nSPS) is 11.3. The molecular weight excluding hydrogens is 289 g/mol. The molecule has 0 heterocycles. The second-order valence-corrected chi connectivity index (χ2v) is 4.09. The monoisotopic (exact) mass is 305 g/mol. The van der Waals surface area contributed by atoms with Crippen LogP contribution in [0.4, 0.5) is 10.1 Å². The Morgan fingerprint density at radius 2 is 2.15 bits per heavy atom. The first-order valence-corrected chi connectivity index (χ1v) is 5.91. The summed E-state index contributed by atoms with van der Waals surface area (Å²) in [5.41, 5.74) is -0.677. The fourth-order valence-electron chi connectivity index (χ4n) is 1.61. The smallest absolute Gasteiger partial charge is 0.285 e. The zero-order chi connectivity index (χ0) is 14.4. The number of nitrogens with one attached hydrogen (secondary N) is 2. The summed E-state index contributed by atoms with van der Waals surface area (Å²) >= 11 is 0. The van der Waals surface area contributed by atoms with Crippen molar-refractivity contribution in [2.24, 2.45) is 0 Å². The zero-order valence-electron chi connectivity index (χ0n) is 11.2. The van der Waals surface area contributed by atoms with E-state index in [9.17, 15) is 19.3 Å². The van der Waals surface area contributed by atoms with Gasteiger partial charge in [-0.2, -0.15) is 0 Å². The van der Waals surface area contributed by atoms with Gasteiger partial charge in [0.05, 0.1) is 11.0 Å². The summed E-state index contributed by atoms with van der Waals surface area (Å²) in [6.45, 7) is 4.90. The highest BCUT2D eigenvalue weighted by Gasteiger charge is 2.20. The van der Waals surface area contributed by atoms with Crippen LogP contribution in [-0.4, -0.2) is 30.0 Å². The van der Waals surface area contributed by atoms with Crippen LogP contribution in [0.1, 0.15) is 24.2 Å². The lowest BCUT2D eigenvalue weighted by Crippen LogP contribution is -2.38. The number of benzene rings is 1. The second kappa shape index (κ2) is 8.44. The molecule has 1 aromatic carbocycles. The lowest BCUT2D eigenvalue weighted by molar-refractivity contribution is -0.385. The summed E-state index contributed by atoms with van der Waals surface area (Å²) in [5.74, 6) is -1.33. The first-order chi connectivity index (χ1) is 8.95. The Hall–Kier alpha value is -1.73. The highest BCUT2D eigenvalue weighted by Crippen LogP contribution is 2.19. The van der Waals surface area contributed by atoms with E-state index in [0.717, 1.165) is 24.7 Å². The molecule has 0 aliphatic heterocycles. The van der Waals surface area contributed by atoms with Gasteiger partial charge in [0.15, 0.2) is 0 Å². The number of halogens is 2. The molecule has 0 unspecified atom stereocenters. The number of rotatable bonds is 6. The van der Waals surface area contributed by atoms with Gasteiger partial charge >= 0.3 is 0 Å². The number of hydrogen-bond donors (Lipinski definition) is 2. The maximum atomic E-state index is 12.9. The van der Waals surface area contributed by atoms with Crippen LogP contribution in [0.5, 0.6) is 0 Å². The van der Waals surface area contributed by atoms with E-state index in [1.807, 2.05) is 13.8 Å². The Morgan fingerprint density at radius 1 is 1.50 bits per heavy atom. The van der Waals surface area contributed by atoms with Gasteiger partial charge in [-0.15, -0.1) is 12.4 Å². The van der Waals surface area contributed by atoms with Gasteiger partial charge in [0.25, 0.3) is 11.6 Å². The van der Waals surface area contributed by atoms with Crippen LogP contribution < -0.4 is 10.6 Å². The molecule has 0 saturated carbocycles. The van der Waals surface area contributed by atoms with Crippen LogP contribution in [0.25, 0.3) is 0 Å². The van der Waals surface area contributed by atoms with E-state index in [4.69, 9.17) is 0 Å². The number of nitrogens with zero attached hydrogens (tertiary/aromatic N) is 1. The Labute approximate surface area is 122 Å². The quantitative estimate of drug-likeness (QED) is 0.621. The third-order valence-electron chi connectivity index (χ3n) is 2.52. The van der Waals surface area contributed by atoms with Crippen LogP contribution in [0.3, 0.4) is 0 Å². The Balaban J connectivity index is 0.00000361. The van der Waals surface area contributed by atoms with E-state index in [1.54, 1.807) is 0 Å². The van der Waals surface area contributed by atoms with E-state index in [0.29, 0.717) is 6.54 Å². The summed E-state index contributed by atoms with van der Waals surface area (Å²) in [6, 6.07) is 2.92. The largest absolute Gasteiger partial charge is 0.350 e. The van der Waals surface area contributed by atoms with Gasteiger partial charge in [-0.3, -0.25) is 14.9 Å². The Morgan fingerprint density at radius 3 is 2.70 bits per heavy atom. The molecule has 0 radical (unpaired) electrons. The highest BCUT2D eigenvalue weighted by molar-refractivity contribution is 5.98. The minimum Gasteiger partial charge on any atom is -0.350 e. The van der Waals surface area contributed by atoms with Crippen molar-refractivity contribution >= 4 is 24.0 Å². The van der Waals surface area contributed by atoms with Crippen LogP contribution >= 0.6 is 12.4 Å². The van der Waals surface area contributed by atoms with Crippen LogP contribution in [0, 0.1) is 15.9 Å². The number of carbonyl (C=O) groups excluding carboxylic acids is 1. The van der Waals surface area contributed by atoms with E-state index in [1.165, 1.54) is 0 Å². The molecular formula is C12H17ClFN3O3.